The lowest BCUT2D eigenvalue weighted by Gasteiger charge is -2.13. The minimum Gasteiger partial charge on any atom is -0.504 e. The van der Waals surface area contributed by atoms with Gasteiger partial charge in [-0.05, 0) is 29.2 Å². The molecule has 0 saturated heterocycles. The smallest absolute Gasteiger partial charge is 0.165 e. The molecule has 0 bridgehead atoms. The van der Waals surface area contributed by atoms with Crippen LogP contribution in [0.2, 0.25) is 0 Å². The van der Waals surface area contributed by atoms with E-state index in [1.165, 1.54) is 35.7 Å². The van der Waals surface area contributed by atoms with E-state index in [0.717, 1.165) is 16.4 Å². The number of hydrogen-bond donors (Lipinski definition) is 12. The summed E-state index contributed by atoms with van der Waals surface area (Å²) in [5.41, 5.74) is 0. The number of thioether (sulfide) groups is 4. The Morgan fingerprint density at radius 1 is 0.702 bits per heavy atom. The molecule has 0 aliphatic heterocycles. The number of phenolic OH excluding ortho intramolecular Hbond substituents is 2. The number of aromatic hydroxyl groups is 2. The topological polar surface area (TPSA) is 241 Å². The highest BCUT2D eigenvalue weighted by atomic mass is 32.2. The quantitative estimate of drug-likeness (QED) is 0.0287. The highest BCUT2D eigenvalue weighted by Gasteiger charge is 2.08. The predicted molar refractivity (Wildman–Crippen MR) is 200 cm³/mol. The van der Waals surface area contributed by atoms with Gasteiger partial charge in [0, 0.05) is 53.6 Å². The Morgan fingerprint density at radius 3 is 1.57 bits per heavy atom. The summed E-state index contributed by atoms with van der Waals surface area (Å²) >= 11 is 9.88. The van der Waals surface area contributed by atoms with Crippen molar-refractivity contribution in [2.75, 3.05) is 87.5 Å². The van der Waals surface area contributed by atoms with Gasteiger partial charge in [-0.3, -0.25) is 0 Å². The number of aliphatic hydroxyl groups excluding tert-OH is 9. The van der Waals surface area contributed by atoms with Gasteiger partial charge >= 0.3 is 0 Å². The van der Waals surface area contributed by atoms with E-state index in [-0.39, 0.29) is 44.2 Å². The molecule has 0 heterocycles. The standard InChI is InChI=1S/C9H12O4S.C7H16O4S.C6H14O2S.C4H10OS.C3H8O2S/c10-4-6(11)5-14-7-1-2-8(12)9(13)3-7;1-10-7(11-2)5-12-4-6(9)3-8;1-5(2)9-4-6(8)3-7;1-2-6-4-3-5;4-1-3(5)2-6/h1-3,6,10-13H,4-5H2;6-9H,3-5H2,1-2H3;5-8H,3-4H2,1-2H3;5H,2-4H2,1H3;3-6H,1-2H2. The van der Waals surface area contributed by atoms with Crippen LogP contribution in [0, 0.1) is 0 Å². The second kappa shape index (κ2) is 40.6. The summed E-state index contributed by atoms with van der Waals surface area (Å²) in [7, 11) is 3.13. The molecule has 0 radical (unpaired) electrons. The number of aliphatic hydroxyl groups is 9. The molecule has 4 unspecified atom stereocenters. The van der Waals surface area contributed by atoms with Crippen molar-refractivity contribution < 1.29 is 65.6 Å². The van der Waals surface area contributed by atoms with E-state index in [1.54, 1.807) is 43.8 Å². The lowest BCUT2D eigenvalue weighted by molar-refractivity contribution is -0.0842. The molecule has 0 saturated carbocycles. The highest BCUT2D eigenvalue weighted by Crippen LogP contribution is 2.30. The monoisotopic (exact) mass is 776 g/mol. The molecule has 0 aliphatic rings. The third-order valence-electron chi connectivity index (χ3n) is 4.59. The Hall–Kier alpha value is 0.130. The third-order valence-corrected chi connectivity index (χ3v) is 9.41. The van der Waals surface area contributed by atoms with E-state index in [1.807, 2.05) is 0 Å². The van der Waals surface area contributed by atoms with Crippen molar-refractivity contribution in [3.63, 3.8) is 0 Å². The van der Waals surface area contributed by atoms with Crippen molar-refractivity contribution >= 4 is 59.7 Å². The number of hydrogen-bond acceptors (Lipinski definition) is 18. The van der Waals surface area contributed by atoms with Gasteiger partial charge in [-0.1, -0.05) is 20.8 Å². The second-order valence-electron chi connectivity index (χ2n) is 9.23. The van der Waals surface area contributed by atoms with Crippen LogP contribution in [0.1, 0.15) is 20.8 Å². The molecule has 1 aromatic carbocycles. The summed E-state index contributed by atoms with van der Waals surface area (Å²) < 4.78 is 9.86. The van der Waals surface area contributed by atoms with E-state index in [9.17, 15) is 0 Å². The van der Waals surface area contributed by atoms with Crippen LogP contribution in [0.4, 0.5) is 0 Å². The molecular weight excluding hydrogens is 717 g/mol. The van der Waals surface area contributed by atoms with Crippen LogP contribution in [0.15, 0.2) is 23.1 Å². The minimum atomic E-state index is -0.768. The normalized spacial score (nSPS) is 13.0. The van der Waals surface area contributed by atoms with Gasteiger partial charge in [0.25, 0.3) is 0 Å². The van der Waals surface area contributed by atoms with Crippen LogP contribution < -0.4 is 0 Å². The molecule has 4 atom stereocenters. The van der Waals surface area contributed by atoms with Crippen LogP contribution in [-0.2, 0) is 9.47 Å². The van der Waals surface area contributed by atoms with Crippen LogP contribution in [0.25, 0.3) is 0 Å². The molecule has 0 aromatic heterocycles. The van der Waals surface area contributed by atoms with Gasteiger partial charge in [0.15, 0.2) is 17.8 Å². The summed E-state index contributed by atoms with van der Waals surface area (Å²) in [5.74, 6) is 4.11. The zero-order valence-corrected chi connectivity index (χ0v) is 32.2. The minimum absolute atomic E-state index is 0.125. The lowest BCUT2D eigenvalue weighted by atomic mass is 10.3. The predicted octanol–water partition coefficient (Wildman–Crippen LogP) is 0.717. The van der Waals surface area contributed by atoms with Crippen LogP contribution in [-0.4, -0.2) is 180 Å². The van der Waals surface area contributed by atoms with Gasteiger partial charge in [0.05, 0.1) is 57.5 Å². The van der Waals surface area contributed by atoms with Crippen molar-refractivity contribution in [2.45, 2.75) is 61.6 Å². The molecule has 1 aromatic rings. The molecule has 0 amide bonds. The second-order valence-corrected chi connectivity index (χ2v) is 14.8. The first-order chi connectivity index (χ1) is 22.3. The van der Waals surface area contributed by atoms with Gasteiger partial charge in [0.1, 0.15) is 0 Å². The van der Waals surface area contributed by atoms with E-state index >= 15 is 0 Å². The Balaban J connectivity index is -0.000000256. The van der Waals surface area contributed by atoms with Crippen molar-refractivity contribution in [2.24, 2.45) is 0 Å². The maximum absolute atomic E-state index is 9.15. The van der Waals surface area contributed by atoms with Crippen LogP contribution in [0.5, 0.6) is 11.5 Å². The first-order valence-electron chi connectivity index (χ1n) is 14.6. The average Bonchev–Trinajstić information content (AvgIpc) is 3.08. The summed E-state index contributed by atoms with van der Waals surface area (Å²) in [6.07, 6.45) is -2.84. The largest absolute Gasteiger partial charge is 0.504 e. The molecule has 1 rings (SSSR count). The van der Waals surface area contributed by atoms with Crippen LogP contribution >= 0.6 is 59.7 Å². The molecule has 0 spiro atoms. The number of benzene rings is 1. The highest BCUT2D eigenvalue weighted by molar-refractivity contribution is 8.00. The zero-order chi connectivity index (χ0) is 37.0. The SMILES string of the molecule is CC(C)SCC(O)CO.CCSCCO.COC(CSCC(O)CO)OC.OCC(O)CS.OCC(O)CSc1ccc(O)c(O)c1. The Morgan fingerprint density at radius 2 is 1.21 bits per heavy atom. The van der Waals surface area contributed by atoms with Gasteiger partial charge in [0.2, 0.25) is 0 Å². The van der Waals surface area contributed by atoms with Crippen LogP contribution in [0.3, 0.4) is 0 Å². The molecule has 13 nitrogen and oxygen atoms in total. The van der Waals surface area contributed by atoms with Gasteiger partial charge in [-0.25, -0.2) is 0 Å². The maximum atomic E-state index is 9.15. The molecule has 11 N–H and O–H groups in total. The fourth-order valence-corrected chi connectivity index (χ4v) is 5.12. The van der Waals surface area contributed by atoms with Gasteiger partial charge < -0.3 is 65.6 Å². The maximum Gasteiger partial charge on any atom is 0.165 e. The van der Waals surface area contributed by atoms with Gasteiger partial charge in [-0.15, -0.1) is 11.8 Å². The molecule has 0 fully saturated rings. The summed E-state index contributed by atoms with van der Waals surface area (Å²) in [6.45, 7) is 5.74. The van der Waals surface area contributed by atoms with E-state index in [4.69, 9.17) is 65.6 Å². The number of rotatable bonds is 20. The summed E-state index contributed by atoms with van der Waals surface area (Å²) in [5, 5.41) is 95.5. The third kappa shape index (κ3) is 42.2. The average molecular weight is 777 g/mol. The number of ether oxygens (including phenoxy) is 2. The zero-order valence-electron chi connectivity index (χ0n) is 28.0. The van der Waals surface area contributed by atoms with Crippen molar-refractivity contribution in [1.82, 2.24) is 0 Å². The molecule has 47 heavy (non-hydrogen) atoms. The van der Waals surface area contributed by atoms with E-state index in [0.29, 0.717) is 40.6 Å². The van der Waals surface area contributed by atoms with Crippen molar-refractivity contribution in [1.29, 1.82) is 0 Å². The Kier molecular flexibility index (Phi) is 46.5. The molecule has 18 heteroatoms. The number of thiol groups is 1. The number of methoxy groups -OCH3 is 2. The summed E-state index contributed by atoms with van der Waals surface area (Å²) in [4.78, 5) is 0.729. The van der Waals surface area contributed by atoms with E-state index in [2.05, 4.69) is 33.4 Å². The Labute approximate surface area is 302 Å². The fraction of sp³-hybridized carbons (Fsp3) is 0.793. The first-order valence-corrected chi connectivity index (χ1v) is 19.6. The molecular formula is C29H60O13S5. The van der Waals surface area contributed by atoms with Crippen molar-refractivity contribution in [3.05, 3.63) is 18.2 Å². The fourth-order valence-electron chi connectivity index (χ4n) is 2.05. The van der Waals surface area contributed by atoms with Gasteiger partial charge in [-0.2, -0.15) is 47.9 Å². The molecule has 0 aliphatic carbocycles. The number of phenols is 2. The Bertz CT molecular complexity index is 748. The summed E-state index contributed by atoms with van der Waals surface area (Å²) in [6, 6.07) is 4.41. The van der Waals surface area contributed by atoms with Crippen molar-refractivity contribution in [3.8, 4) is 11.5 Å². The van der Waals surface area contributed by atoms with E-state index < -0.39 is 24.4 Å². The first kappa shape index (κ1) is 53.9. The lowest BCUT2D eigenvalue weighted by Crippen LogP contribution is -2.20. The molecule has 284 valence electrons.